The van der Waals surface area contributed by atoms with Crippen molar-refractivity contribution in [2.24, 2.45) is 0 Å². The van der Waals surface area contributed by atoms with Crippen LogP contribution in [-0.2, 0) is 0 Å². The molecule has 0 amide bonds. The van der Waals surface area contributed by atoms with E-state index in [0.29, 0.717) is 14.9 Å². The van der Waals surface area contributed by atoms with E-state index < -0.39 is 6.10 Å². The van der Waals surface area contributed by atoms with Crippen molar-refractivity contribution in [2.75, 3.05) is 0 Å². The molecule has 13 heavy (non-hydrogen) atoms. The number of aromatic nitrogens is 1. The van der Waals surface area contributed by atoms with Gasteiger partial charge < -0.3 is 9.52 Å². The van der Waals surface area contributed by atoms with Crippen molar-refractivity contribution in [1.29, 1.82) is 0 Å². The van der Waals surface area contributed by atoms with Gasteiger partial charge in [-0.3, -0.25) is 0 Å². The van der Waals surface area contributed by atoms with E-state index in [4.69, 9.17) is 16.0 Å². The van der Waals surface area contributed by atoms with E-state index in [9.17, 15) is 5.11 Å². The monoisotopic (exact) mass is 215 g/mol. The molecular weight excluding hydrogens is 210 g/mol. The van der Waals surface area contributed by atoms with Gasteiger partial charge in [0.15, 0.2) is 0 Å². The maximum absolute atomic E-state index is 9.72. The summed E-state index contributed by atoms with van der Waals surface area (Å²) >= 11 is 6.94. The summed E-state index contributed by atoms with van der Waals surface area (Å²) in [5.41, 5.74) is 0.686. The first kappa shape index (κ1) is 8.74. The van der Waals surface area contributed by atoms with Crippen LogP contribution in [-0.4, -0.2) is 10.1 Å². The topological polar surface area (TPSA) is 46.3 Å². The maximum atomic E-state index is 9.72. The summed E-state index contributed by atoms with van der Waals surface area (Å²) in [4.78, 5) is 3.97. The minimum absolute atomic E-state index is 0.567. The predicted octanol–water partition coefficient (Wildman–Crippen LogP) is 2.47. The number of aliphatic hydroxyl groups excluding tert-OH is 1. The molecule has 0 fully saturated rings. The first-order chi connectivity index (χ1) is 6.27. The van der Waals surface area contributed by atoms with Gasteiger partial charge in [0.1, 0.15) is 15.4 Å². The second kappa shape index (κ2) is 3.49. The molecule has 1 unspecified atom stereocenters. The van der Waals surface area contributed by atoms with Gasteiger partial charge >= 0.3 is 0 Å². The fourth-order valence-corrected chi connectivity index (χ4v) is 1.91. The highest BCUT2D eigenvalue weighted by Crippen LogP contribution is 2.28. The van der Waals surface area contributed by atoms with Gasteiger partial charge in [-0.15, -0.1) is 11.3 Å². The highest BCUT2D eigenvalue weighted by atomic mass is 35.5. The molecule has 0 spiro atoms. The van der Waals surface area contributed by atoms with Crippen molar-refractivity contribution in [3.63, 3.8) is 0 Å². The Bertz CT molecular complexity index is 385. The van der Waals surface area contributed by atoms with E-state index in [1.807, 2.05) is 0 Å². The zero-order valence-corrected chi connectivity index (χ0v) is 8.05. The molecule has 1 atom stereocenters. The number of furan rings is 1. The lowest BCUT2D eigenvalue weighted by Gasteiger charge is -2.01. The lowest BCUT2D eigenvalue weighted by molar-refractivity contribution is 0.218. The number of aliphatic hydroxyl groups is 1. The fraction of sp³-hybridized carbons (Fsp3) is 0.125. The summed E-state index contributed by atoms with van der Waals surface area (Å²) in [5.74, 6) is 0. The number of thiazole rings is 1. The Kier molecular flexibility index (Phi) is 2.35. The van der Waals surface area contributed by atoms with E-state index in [0.717, 1.165) is 0 Å². The maximum Gasteiger partial charge on any atom is 0.134 e. The Hall–Kier alpha value is -0.840. The van der Waals surface area contributed by atoms with Crippen LogP contribution in [0.25, 0.3) is 0 Å². The number of hydrogen-bond donors (Lipinski definition) is 1. The average molecular weight is 216 g/mol. The largest absolute Gasteiger partial charge is 0.472 e. The Labute approximate surface area is 83.6 Å². The van der Waals surface area contributed by atoms with Crippen LogP contribution in [0.3, 0.4) is 0 Å². The molecule has 5 heteroatoms. The standard InChI is InChI=1S/C8H6ClNO2S/c9-6-3-10-8(13-6)7(11)5-1-2-12-4-5/h1-4,7,11H. The van der Waals surface area contributed by atoms with Gasteiger partial charge in [0.2, 0.25) is 0 Å². The van der Waals surface area contributed by atoms with Crippen molar-refractivity contribution >= 4 is 22.9 Å². The minimum Gasteiger partial charge on any atom is -0.472 e. The molecule has 0 saturated heterocycles. The van der Waals surface area contributed by atoms with Gasteiger partial charge in [0.25, 0.3) is 0 Å². The first-order valence-corrected chi connectivity index (χ1v) is 4.78. The van der Waals surface area contributed by atoms with Crippen molar-refractivity contribution < 1.29 is 9.52 Å². The second-order valence-corrected chi connectivity index (χ2v) is 4.16. The summed E-state index contributed by atoms with van der Waals surface area (Å²) in [5, 5.41) is 10.3. The normalized spacial score (nSPS) is 13.1. The van der Waals surface area contributed by atoms with Crippen molar-refractivity contribution in [1.82, 2.24) is 4.98 Å². The zero-order chi connectivity index (χ0) is 9.26. The van der Waals surface area contributed by atoms with Crippen molar-refractivity contribution in [2.45, 2.75) is 6.10 Å². The molecule has 3 nitrogen and oxygen atoms in total. The molecule has 0 radical (unpaired) electrons. The zero-order valence-electron chi connectivity index (χ0n) is 6.48. The number of nitrogens with zero attached hydrogens (tertiary/aromatic N) is 1. The second-order valence-electron chi connectivity index (χ2n) is 2.46. The van der Waals surface area contributed by atoms with Crippen LogP contribution < -0.4 is 0 Å². The van der Waals surface area contributed by atoms with Crippen LogP contribution in [0.1, 0.15) is 16.7 Å². The smallest absolute Gasteiger partial charge is 0.134 e. The third-order valence-corrected chi connectivity index (χ3v) is 2.76. The summed E-state index contributed by atoms with van der Waals surface area (Å²) in [6, 6.07) is 1.69. The molecule has 0 aliphatic rings. The lowest BCUT2D eigenvalue weighted by Crippen LogP contribution is -1.96. The molecule has 68 valence electrons. The highest BCUT2D eigenvalue weighted by Gasteiger charge is 2.14. The SMILES string of the molecule is OC(c1ccoc1)c1ncc(Cl)s1. The predicted molar refractivity (Wildman–Crippen MR) is 49.9 cm³/mol. The molecular formula is C8H6ClNO2S. The highest BCUT2D eigenvalue weighted by molar-refractivity contribution is 7.15. The Balaban J connectivity index is 2.28. The summed E-state index contributed by atoms with van der Waals surface area (Å²) in [6.07, 6.45) is 3.77. The van der Waals surface area contributed by atoms with Crippen LogP contribution in [0.15, 0.2) is 29.2 Å². The minimum atomic E-state index is -0.740. The van der Waals surface area contributed by atoms with Gasteiger partial charge in [-0.25, -0.2) is 4.98 Å². The van der Waals surface area contributed by atoms with E-state index in [1.165, 1.54) is 30.1 Å². The van der Waals surface area contributed by atoms with Gasteiger partial charge in [-0.05, 0) is 6.07 Å². The Morgan fingerprint density at radius 3 is 3.00 bits per heavy atom. The van der Waals surface area contributed by atoms with E-state index in [-0.39, 0.29) is 0 Å². The average Bonchev–Trinajstić information content (AvgIpc) is 2.72. The molecule has 0 aliphatic carbocycles. The quantitative estimate of drug-likeness (QED) is 0.837. The number of hydrogen-bond acceptors (Lipinski definition) is 4. The van der Waals surface area contributed by atoms with Crippen molar-refractivity contribution in [3.05, 3.63) is 39.7 Å². The van der Waals surface area contributed by atoms with Crippen LogP contribution >= 0.6 is 22.9 Å². The van der Waals surface area contributed by atoms with Crippen LogP contribution in [0.2, 0.25) is 4.34 Å². The van der Waals surface area contributed by atoms with Crippen LogP contribution in [0, 0.1) is 0 Å². The van der Waals surface area contributed by atoms with Gasteiger partial charge in [0, 0.05) is 5.56 Å². The Morgan fingerprint density at radius 2 is 2.46 bits per heavy atom. The first-order valence-electron chi connectivity index (χ1n) is 3.59. The van der Waals surface area contributed by atoms with Crippen LogP contribution in [0.5, 0.6) is 0 Å². The van der Waals surface area contributed by atoms with Crippen molar-refractivity contribution in [3.8, 4) is 0 Å². The number of halogens is 1. The van der Waals surface area contributed by atoms with Gasteiger partial charge in [-0.1, -0.05) is 11.6 Å². The summed E-state index contributed by atoms with van der Waals surface area (Å²) < 4.78 is 5.41. The van der Waals surface area contributed by atoms with E-state index in [2.05, 4.69) is 4.98 Å². The summed E-state index contributed by atoms with van der Waals surface area (Å²) in [6.45, 7) is 0. The molecule has 1 N–H and O–H groups in total. The van der Waals surface area contributed by atoms with Gasteiger partial charge in [0.05, 0.1) is 18.7 Å². The fourth-order valence-electron chi connectivity index (χ4n) is 0.967. The van der Waals surface area contributed by atoms with Gasteiger partial charge in [-0.2, -0.15) is 0 Å². The molecule has 2 heterocycles. The molecule has 2 aromatic heterocycles. The number of rotatable bonds is 2. The Morgan fingerprint density at radius 1 is 1.62 bits per heavy atom. The molecule has 0 bridgehead atoms. The molecule has 2 rings (SSSR count). The van der Waals surface area contributed by atoms with E-state index in [1.54, 1.807) is 6.07 Å². The molecule has 0 aromatic carbocycles. The third kappa shape index (κ3) is 1.75. The molecule has 0 saturated carbocycles. The molecule has 0 aliphatic heterocycles. The lowest BCUT2D eigenvalue weighted by atomic mass is 10.2. The van der Waals surface area contributed by atoms with E-state index >= 15 is 0 Å². The summed E-state index contributed by atoms with van der Waals surface area (Å²) in [7, 11) is 0. The molecule has 2 aromatic rings. The van der Waals surface area contributed by atoms with Crippen LogP contribution in [0.4, 0.5) is 0 Å². The third-order valence-electron chi connectivity index (χ3n) is 1.59.